The van der Waals surface area contributed by atoms with Gasteiger partial charge in [-0.05, 0) is 36.4 Å². The number of hydrogen-bond acceptors (Lipinski definition) is 2. The molecule has 2 aromatic rings. The van der Waals surface area contributed by atoms with Gasteiger partial charge < -0.3 is 9.47 Å². The normalized spacial score (nSPS) is 17.6. The van der Waals surface area contributed by atoms with Crippen LogP contribution in [0.15, 0.2) is 42.5 Å². The number of ether oxygens (including phenoxy) is 2. The van der Waals surface area contributed by atoms with E-state index in [-0.39, 0.29) is 6.10 Å². The van der Waals surface area contributed by atoms with Gasteiger partial charge in [-0.25, -0.2) is 0 Å². The van der Waals surface area contributed by atoms with Gasteiger partial charge in [0.15, 0.2) is 0 Å². The van der Waals surface area contributed by atoms with Gasteiger partial charge in [0.25, 0.3) is 0 Å². The van der Waals surface area contributed by atoms with E-state index in [1.807, 2.05) is 24.3 Å². The van der Waals surface area contributed by atoms with Crippen molar-refractivity contribution in [2.45, 2.75) is 6.10 Å². The highest BCUT2D eigenvalue weighted by atomic mass is 35.5. The maximum atomic E-state index is 6.17. The van der Waals surface area contributed by atoms with Crippen LogP contribution in [0.5, 0.6) is 11.5 Å². The molecular weight excluding hydrogens is 271 g/mol. The van der Waals surface area contributed by atoms with Crippen LogP contribution in [0.1, 0.15) is 11.7 Å². The summed E-state index contributed by atoms with van der Waals surface area (Å²) >= 11 is 12.0. The van der Waals surface area contributed by atoms with E-state index in [0.717, 1.165) is 17.9 Å². The van der Waals surface area contributed by atoms with Crippen molar-refractivity contribution in [3.05, 3.63) is 58.1 Å². The zero-order chi connectivity index (χ0) is 12.5. The molecule has 0 N–H and O–H groups in total. The van der Waals surface area contributed by atoms with Gasteiger partial charge in [0.05, 0.1) is 11.6 Å². The lowest BCUT2D eigenvalue weighted by atomic mass is 10.1. The Kier molecular flexibility index (Phi) is 3.16. The first kappa shape index (κ1) is 11.8. The minimum Gasteiger partial charge on any atom is -0.457 e. The summed E-state index contributed by atoms with van der Waals surface area (Å²) in [6, 6.07) is 12.8. The van der Waals surface area contributed by atoms with Gasteiger partial charge in [0.2, 0.25) is 0 Å². The highest BCUT2D eigenvalue weighted by molar-refractivity contribution is 6.31. The Bertz CT molecular complexity index is 563. The third-order valence-electron chi connectivity index (χ3n) is 2.70. The van der Waals surface area contributed by atoms with Crippen LogP contribution in [-0.4, -0.2) is 6.61 Å². The standard InChI is InChI=1S/C14H10Cl2O2/c15-9-1-3-10(4-2-9)18-11-5-6-12(13(16)7-11)14-8-17-14/h1-7,14H,8H2. The predicted octanol–water partition coefficient (Wildman–Crippen LogP) is 4.86. The van der Waals surface area contributed by atoms with Crippen LogP contribution in [0.3, 0.4) is 0 Å². The number of rotatable bonds is 3. The molecule has 1 heterocycles. The first-order chi connectivity index (χ1) is 8.72. The molecule has 0 radical (unpaired) electrons. The second-order valence-corrected chi connectivity index (χ2v) is 4.90. The Morgan fingerprint density at radius 3 is 2.28 bits per heavy atom. The maximum absolute atomic E-state index is 6.17. The molecule has 1 aliphatic rings. The third kappa shape index (κ3) is 2.61. The third-order valence-corrected chi connectivity index (χ3v) is 3.28. The molecule has 2 aromatic carbocycles. The van der Waals surface area contributed by atoms with Crippen molar-refractivity contribution in [3.63, 3.8) is 0 Å². The van der Waals surface area contributed by atoms with Crippen LogP contribution in [0.25, 0.3) is 0 Å². The summed E-state index contributed by atoms with van der Waals surface area (Å²) in [5.41, 5.74) is 1.01. The van der Waals surface area contributed by atoms with Crippen molar-refractivity contribution >= 4 is 23.2 Å². The van der Waals surface area contributed by atoms with Crippen molar-refractivity contribution in [2.75, 3.05) is 6.61 Å². The zero-order valence-electron chi connectivity index (χ0n) is 9.40. The molecule has 0 aromatic heterocycles. The second-order valence-electron chi connectivity index (χ2n) is 4.06. The lowest BCUT2D eigenvalue weighted by Gasteiger charge is -2.07. The Hall–Kier alpha value is -1.22. The monoisotopic (exact) mass is 280 g/mol. The molecule has 92 valence electrons. The lowest BCUT2D eigenvalue weighted by molar-refractivity contribution is 0.415. The molecule has 0 amide bonds. The Morgan fingerprint density at radius 1 is 1.00 bits per heavy atom. The first-order valence-electron chi connectivity index (χ1n) is 5.57. The highest BCUT2D eigenvalue weighted by Gasteiger charge is 2.27. The lowest BCUT2D eigenvalue weighted by Crippen LogP contribution is -1.87. The Morgan fingerprint density at radius 2 is 1.67 bits per heavy atom. The van der Waals surface area contributed by atoms with E-state index >= 15 is 0 Å². The molecule has 3 rings (SSSR count). The van der Waals surface area contributed by atoms with Crippen molar-refractivity contribution in [1.29, 1.82) is 0 Å². The summed E-state index contributed by atoms with van der Waals surface area (Å²) in [7, 11) is 0. The first-order valence-corrected chi connectivity index (χ1v) is 6.32. The summed E-state index contributed by atoms with van der Waals surface area (Å²) in [5.74, 6) is 1.43. The fourth-order valence-corrected chi connectivity index (χ4v) is 2.12. The van der Waals surface area contributed by atoms with Crippen molar-refractivity contribution in [2.24, 2.45) is 0 Å². The van der Waals surface area contributed by atoms with Gasteiger partial charge in [0.1, 0.15) is 17.6 Å². The van der Waals surface area contributed by atoms with E-state index in [1.54, 1.807) is 18.2 Å². The molecule has 4 heteroatoms. The van der Waals surface area contributed by atoms with Gasteiger partial charge in [-0.1, -0.05) is 29.3 Å². The Labute approximate surface area is 115 Å². The summed E-state index contributed by atoms with van der Waals surface area (Å²) in [5, 5.41) is 1.35. The van der Waals surface area contributed by atoms with Gasteiger partial charge >= 0.3 is 0 Å². The number of hydrogen-bond donors (Lipinski definition) is 0. The van der Waals surface area contributed by atoms with E-state index in [4.69, 9.17) is 32.7 Å². The summed E-state index contributed by atoms with van der Waals surface area (Å²) in [6.45, 7) is 0.747. The molecule has 0 aliphatic carbocycles. The molecule has 0 spiro atoms. The van der Waals surface area contributed by atoms with Gasteiger partial charge in [-0.2, -0.15) is 0 Å². The second kappa shape index (κ2) is 4.81. The molecule has 2 nitrogen and oxygen atoms in total. The number of halogens is 2. The molecule has 1 aliphatic heterocycles. The summed E-state index contributed by atoms with van der Waals surface area (Å²) in [6.07, 6.45) is 0.155. The molecule has 18 heavy (non-hydrogen) atoms. The minimum absolute atomic E-state index is 0.155. The SMILES string of the molecule is Clc1ccc(Oc2ccc(C3CO3)c(Cl)c2)cc1. The quantitative estimate of drug-likeness (QED) is 0.749. The van der Waals surface area contributed by atoms with Crippen LogP contribution in [-0.2, 0) is 4.74 Å². The average Bonchev–Trinajstić information content (AvgIpc) is 3.17. The fraction of sp³-hybridized carbons (Fsp3) is 0.143. The molecule has 0 saturated carbocycles. The van der Waals surface area contributed by atoms with Crippen LogP contribution in [0, 0.1) is 0 Å². The fourth-order valence-electron chi connectivity index (χ4n) is 1.70. The molecule has 0 bridgehead atoms. The van der Waals surface area contributed by atoms with Crippen LogP contribution in [0.2, 0.25) is 10.0 Å². The van der Waals surface area contributed by atoms with E-state index in [2.05, 4.69) is 0 Å². The van der Waals surface area contributed by atoms with Crippen LogP contribution in [0.4, 0.5) is 0 Å². The molecule has 1 atom stereocenters. The predicted molar refractivity (Wildman–Crippen MR) is 71.7 cm³/mol. The average molecular weight is 281 g/mol. The van der Waals surface area contributed by atoms with Crippen molar-refractivity contribution in [1.82, 2.24) is 0 Å². The van der Waals surface area contributed by atoms with E-state index < -0.39 is 0 Å². The van der Waals surface area contributed by atoms with E-state index in [1.165, 1.54) is 0 Å². The minimum atomic E-state index is 0.155. The van der Waals surface area contributed by atoms with Gasteiger partial charge in [0, 0.05) is 10.6 Å². The highest BCUT2D eigenvalue weighted by Crippen LogP contribution is 2.37. The molecule has 1 unspecified atom stereocenters. The van der Waals surface area contributed by atoms with Gasteiger partial charge in [-0.15, -0.1) is 0 Å². The van der Waals surface area contributed by atoms with E-state index in [0.29, 0.717) is 15.8 Å². The summed E-state index contributed by atoms with van der Waals surface area (Å²) < 4.78 is 10.9. The van der Waals surface area contributed by atoms with Crippen molar-refractivity contribution in [3.8, 4) is 11.5 Å². The summed E-state index contributed by atoms with van der Waals surface area (Å²) in [4.78, 5) is 0. The van der Waals surface area contributed by atoms with Crippen LogP contribution >= 0.6 is 23.2 Å². The topological polar surface area (TPSA) is 21.8 Å². The smallest absolute Gasteiger partial charge is 0.128 e. The van der Waals surface area contributed by atoms with Crippen LogP contribution < -0.4 is 4.74 Å². The largest absolute Gasteiger partial charge is 0.457 e. The van der Waals surface area contributed by atoms with Crippen molar-refractivity contribution < 1.29 is 9.47 Å². The molecular formula is C14H10Cl2O2. The Balaban J connectivity index is 1.80. The van der Waals surface area contributed by atoms with Gasteiger partial charge in [-0.3, -0.25) is 0 Å². The van der Waals surface area contributed by atoms with E-state index in [9.17, 15) is 0 Å². The molecule has 1 fully saturated rings. The molecule has 1 saturated heterocycles. The maximum Gasteiger partial charge on any atom is 0.128 e. The number of epoxide rings is 1. The zero-order valence-corrected chi connectivity index (χ0v) is 10.9. The number of benzene rings is 2.